The quantitative estimate of drug-likeness (QED) is 0.408. The van der Waals surface area contributed by atoms with Crippen LogP contribution in [-0.2, 0) is 4.79 Å². The van der Waals surface area contributed by atoms with Gasteiger partial charge in [-0.1, -0.05) is 36.4 Å². The molecule has 6 nitrogen and oxygen atoms in total. The van der Waals surface area contributed by atoms with Gasteiger partial charge in [-0.05, 0) is 40.8 Å². The zero-order valence-electron chi connectivity index (χ0n) is 14.6. The summed E-state index contributed by atoms with van der Waals surface area (Å²) in [6.45, 7) is 0. The van der Waals surface area contributed by atoms with Gasteiger partial charge in [0.05, 0.1) is 11.4 Å². The molecule has 0 radical (unpaired) electrons. The van der Waals surface area contributed by atoms with Crippen LogP contribution in [0.2, 0.25) is 0 Å². The van der Waals surface area contributed by atoms with Crippen LogP contribution in [0.15, 0.2) is 66.1 Å². The summed E-state index contributed by atoms with van der Waals surface area (Å²) in [5.74, 6) is -0.406. The third-order valence-electron chi connectivity index (χ3n) is 3.82. The number of thiophene rings is 1. The molecule has 3 rings (SSSR count). The van der Waals surface area contributed by atoms with Crippen LogP contribution in [0.4, 0.5) is 16.2 Å². The zero-order valence-corrected chi connectivity index (χ0v) is 15.4. The molecule has 0 atom stereocenters. The third kappa shape index (κ3) is 4.93. The number of carbonyl (C=O) groups excluding carboxylic acids is 2. The summed E-state index contributed by atoms with van der Waals surface area (Å²) in [5.41, 5.74) is 2.83. The van der Waals surface area contributed by atoms with Gasteiger partial charge >= 0.3 is 6.09 Å². The topological polar surface area (TPSA) is 95.5 Å². The van der Waals surface area contributed by atoms with Gasteiger partial charge < -0.3 is 10.4 Å². The number of anilines is 2. The molecule has 0 bridgehead atoms. The Morgan fingerprint density at radius 1 is 0.929 bits per heavy atom. The van der Waals surface area contributed by atoms with Crippen molar-refractivity contribution in [2.75, 3.05) is 10.6 Å². The van der Waals surface area contributed by atoms with Gasteiger partial charge in [0.15, 0.2) is 0 Å². The van der Waals surface area contributed by atoms with E-state index in [4.69, 9.17) is 5.11 Å². The van der Waals surface area contributed by atoms with Crippen molar-refractivity contribution in [1.29, 1.82) is 0 Å². The molecule has 0 saturated heterocycles. The Balaban J connectivity index is 1.80. The van der Waals surface area contributed by atoms with Crippen LogP contribution in [0.1, 0.15) is 15.9 Å². The number of hydrogen-bond acceptors (Lipinski definition) is 4. The average molecular weight is 392 g/mol. The molecule has 140 valence electrons. The molecule has 0 aliphatic carbocycles. The molecule has 3 N–H and O–H groups in total. The lowest BCUT2D eigenvalue weighted by molar-refractivity contribution is -0.111. The van der Waals surface area contributed by atoms with Gasteiger partial charge in [-0.15, -0.1) is 11.3 Å². The molecule has 0 aliphatic rings. The SMILES string of the molecule is O=Cc1ccc(C=CC(=O)Nc2cc(-c3cccs3)ccc2NC(=O)O)cc1. The molecule has 0 spiro atoms. The number of benzene rings is 2. The van der Waals surface area contributed by atoms with Crippen LogP contribution in [0.25, 0.3) is 16.5 Å². The molecule has 2 amide bonds. The number of amides is 2. The molecule has 2 aromatic carbocycles. The van der Waals surface area contributed by atoms with E-state index in [1.807, 2.05) is 17.5 Å². The van der Waals surface area contributed by atoms with Crippen molar-refractivity contribution in [2.45, 2.75) is 0 Å². The van der Waals surface area contributed by atoms with E-state index in [0.29, 0.717) is 11.3 Å². The van der Waals surface area contributed by atoms with E-state index in [9.17, 15) is 14.4 Å². The number of nitrogens with one attached hydrogen (secondary N) is 2. The van der Waals surface area contributed by atoms with Crippen molar-refractivity contribution in [3.05, 3.63) is 77.2 Å². The minimum absolute atomic E-state index is 0.282. The molecular formula is C21H16N2O4S. The fourth-order valence-electron chi connectivity index (χ4n) is 2.50. The molecule has 3 aromatic rings. The highest BCUT2D eigenvalue weighted by atomic mass is 32.1. The van der Waals surface area contributed by atoms with Crippen LogP contribution in [0.3, 0.4) is 0 Å². The Bertz CT molecular complexity index is 1030. The molecule has 7 heteroatoms. The minimum atomic E-state index is -1.22. The summed E-state index contributed by atoms with van der Waals surface area (Å²) in [6, 6.07) is 15.7. The maximum Gasteiger partial charge on any atom is 0.409 e. The Labute approximate surface area is 165 Å². The van der Waals surface area contributed by atoms with Crippen LogP contribution in [0, 0.1) is 0 Å². The zero-order chi connectivity index (χ0) is 19.9. The first-order valence-electron chi connectivity index (χ1n) is 8.27. The van der Waals surface area contributed by atoms with Gasteiger partial charge in [0.2, 0.25) is 5.91 Å². The van der Waals surface area contributed by atoms with Crippen LogP contribution in [-0.4, -0.2) is 23.4 Å². The van der Waals surface area contributed by atoms with Gasteiger partial charge in [-0.2, -0.15) is 0 Å². The van der Waals surface area contributed by atoms with E-state index in [-0.39, 0.29) is 5.69 Å². The molecule has 0 unspecified atom stereocenters. The number of rotatable bonds is 6. The van der Waals surface area contributed by atoms with Gasteiger partial charge in [0.25, 0.3) is 0 Å². The van der Waals surface area contributed by atoms with E-state index in [1.54, 1.807) is 59.9 Å². The monoisotopic (exact) mass is 392 g/mol. The van der Waals surface area contributed by atoms with E-state index in [1.165, 1.54) is 6.08 Å². The van der Waals surface area contributed by atoms with Crippen molar-refractivity contribution in [1.82, 2.24) is 0 Å². The van der Waals surface area contributed by atoms with Gasteiger partial charge in [-0.3, -0.25) is 14.9 Å². The maximum absolute atomic E-state index is 12.3. The largest absolute Gasteiger partial charge is 0.465 e. The number of hydrogen-bond donors (Lipinski definition) is 3. The Hall–Kier alpha value is -3.71. The lowest BCUT2D eigenvalue weighted by atomic mass is 10.1. The summed E-state index contributed by atoms with van der Waals surface area (Å²) in [6.07, 6.45) is 2.48. The average Bonchev–Trinajstić information content (AvgIpc) is 3.22. The predicted octanol–water partition coefficient (Wildman–Crippen LogP) is 4.97. The van der Waals surface area contributed by atoms with Crippen molar-refractivity contribution in [3.63, 3.8) is 0 Å². The fourth-order valence-corrected chi connectivity index (χ4v) is 3.22. The molecule has 0 fully saturated rings. The molecule has 0 aliphatic heterocycles. The first kappa shape index (κ1) is 19.1. The van der Waals surface area contributed by atoms with Gasteiger partial charge in [0, 0.05) is 16.5 Å². The van der Waals surface area contributed by atoms with E-state index in [2.05, 4.69) is 10.6 Å². The second-order valence-corrected chi connectivity index (χ2v) is 6.72. The highest BCUT2D eigenvalue weighted by Crippen LogP contribution is 2.31. The number of carboxylic acid groups (broad SMARTS) is 1. The number of aldehydes is 1. The Morgan fingerprint density at radius 3 is 2.32 bits per heavy atom. The summed E-state index contributed by atoms with van der Waals surface area (Å²) in [7, 11) is 0. The molecular weight excluding hydrogens is 376 g/mol. The molecule has 0 saturated carbocycles. The van der Waals surface area contributed by atoms with Crippen molar-refractivity contribution >= 4 is 47.1 Å². The maximum atomic E-state index is 12.3. The smallest absolute Gasteiger partial charge is 0.409 e. The van der Waals surface area contributed by atoms with E-state index < -0.39 is 12.0 Å². The highest BCUT2D eigenvalue weighted by molar-refractivity contribution is 7.13. The van der Waals surface area contributed by atoms with Gasteiger partial charge in [-0.25, -0.2) is 4.79 Å². The van der Waals surface area contributed by atoms with Crippen molar-refractivity contribution in [3.8, 4) is 10.4 Å². The van der Waals surface area contributed by atoms with Crippen LogP contribution >= 0.6 is 11.3 Å². The molecule has 1 heterocycles. The first-order chi connectivity index (χ1) is 13.5. The van der Waals surface area contributed by atoms with E-state index in [0.717, 1.165) is 22.3 Å². The lowest BCUT2D eigenvalue weighted by Gasteiger charge is -2.11. The van der Waals surface area contributed by atoms with E-state index >= 15 is 0 Å². The van der Waals surface area contributed by atoms with Crippen molar-refractivity contribution < 1.29 is 19.5 Å². The summed E-state index contributed by atoms with van der Waals surface area (Å²) in [4.78, 5) is 35.0. The summed E-state index contributed by atoms with van der Waals surface area (Å²) >= 11 is 1.55. The second kappa shape index (κ2) is 8.79. The molecule has 28 heavy (non-hydrogen) atoms. The third-order valence-corrected chi connectivity index (χ3v) is 4.74. The highest BCUT2D eigenvalue weighted by Gasteiger charge is 2.10. The van der Waals surface area contributed by atoms with Crippen LogP contribution in [0.5, 0.6) is 0 Å². The fraction of sp³-hybridized carbons (Fsp3) is 0. The summed E-state index contributed by atoms with van der Waals surface area (Å²) in [5, 5.41) is 15.9. The predicted molar refractivity (Wildman–Crippen MR) is 111 cm³/mol. The van der Waals surface area contributed by atoms with Crippen LogP contribution < -0.4 is 10.6 Å². The number of carbonyl (C=O) groups is 3. The minimum Gasteiger partial charge on any atom is -0.465 e. The standard InChI is InChI=1S/C21H16N2O4S/c24-13-15-5-3-14(4-6-15)7-10-20(25)22-18-12-16(19-2-1-11-28-19)8-9-17(18)23-21(26)27/h1-13,23H,(H,22,25)(H,26,27). The molecule has 1 aromatic heterocycles. The summed E-state index contributed by atoms with van der Waals surface area (Å²) < 4.78 is 0. The first-order valence-corrected chi connectivity index (χ1v) is 9.15. The van der Waals surface area contributed by atoms with Gasteiger partial charge in [0.1, 0.15) is 6.29 Å². The normalized spacial score (nSPS) is 10.6. The lowest BCUT2D eigenvalue weighted by Crippen LogP contribution is -2.13. The second-order valence-electron chi connectivity index (χ2n) is 5.77. The Kier molecular flexibility index (Phi) is 5.98. The Morgan fingerprint density at radius 2 is 1.68 bits per heavy atom. The van der Waals surface area contributed by atoms with Crippen molar-refractivity contribution in [2.24, 2.45) is 0 Å².